The minimum absolute atomic E-state index is 0.735. The summed E-state index contributed by atoms with van der Waals surface area (Å²) in [6.07, 6.45) is 1.80. The molecule has 20 heavy (non-hydrogen) atoms. The Hall–Kier alpha value is -2.07. The number of hydrogen-bond acceptors (Lipinski definition) is 3. The van der Waals surface area contributed by atoms with Crippen LogP contribution in [0.3, 0.4) is 0 Å². The van der Waals surface area contributed by atoms with Gasteiger partial charge in [-0.2, -0.15) is 0 Å². The second kappa shape index (κ2) is 5.13. The number of nitrogens with zero attached hydrogens (tertiary/aromatic N) is 1. The van der Waals surface area contributed by atoms with E-state index in [1.165, 1.54) is 0 Å². The number of nitrogen functional groups attached to an aromatic ring is 1. The van der Waals surface area contributed by atoms with Crippen LogP contribution in [0.5, 0.6) is 0 Å². The summed E-state index contributed by atoms with van der Waals surface area (Å²) in [5.74, 6) is 0. The van der Waals surface area contributed by atoms with E-state index in [9.17, 15) is 0 Å². The van der Waals surface area contributed by atoms with Crippen LogP contribution < -0.4 is 11.1 Å². The number of nitrogens with two attached hydrogens (primary N) is 1. The van der Waals surface area contributed by atoms with Crippen LogP contribution >= 0.6 is 15.9 Å². The van der Waals surface area contributed by atoms with Crippen molar-refractivity contribution in [2.45, 2.75) is 6.92 Å². The predicted octanol–water partition coefficient (Wildman–Crippen LogP) is 4.63. The van der Waals surface area contributed by atoms with Crippen molar-refractivity contribution in [1.82, 2.24) is 4.98 Å². The molecule has 3 N–H and O–H groups in total. The maximum absolute atomic E-state index is 6.05. The molecule has 0 aliphatic rings. The highest BCUT2D eigenvalue weighted by atomic mass is 79.9. The Morgan fingerprint density at radius 3 is 2.75 bits per heavy atom. The van der Waals surface area contributed by atoms with Crippen LogP contribution in [0.15, 0.2) is 53.1 Å². The summed E-state index contributed by atoms with van der Waals surface area (Å²) in [6, 6.07) is 14.0. The highest BCUT2D eigenvalue weighted by molar-refractivity contribution is 9.10. The zero-order valence-corrected chi connectivity index (χ0v) is 12.6. The molecule has 0 saturated heterocycles. The van der Waals surface area contributed by atoms with Crippen molar-refractivity contribution >= 4 is 43.9 Å². The first kappa shape index (κ1) is 12.9. The molecule has 0 saturated carbocycles. The second-order valence-electron chi connectivity index (χ2n) is 4.69. The summed E-state index contributed by atoms with van der Waals surface area (Å²) >= 11 is 3.44. The maximum atomic E-state index is 6.05. The standard InChI is InChI=1S/C16H14BrN3/c1-10-4-2-6-13(18)15(10)20-14-7-3-5-11-8-12(17)9-19-16(11)14/h2-9,20H,18H2,1H3. The number of para-hydroxylation sites is 2. The fourth-order valence-corrected chi connectivity index (χ4v) is 2.58. The molecule has 4 heteroatoms. The molecular weight excluding hydrogens is 314 g/mol. The average molecular weight is 328 g/mol. The number of aromatic nitrogens is 1. The fourth-order valence-electron chi connectivity index (χ4n) is 2.23. The quantitative estimate of drug-likeness (QED) is 0.674. The molecule has 0 unspecified atom stereocenters. The fraction of sp³-hybridized carbons (Fsp3) is 0.0625. The van der Waals surface area contributed by atoms with Crippen molar-refractivity contribution in [2.24, 2.45) is 0 Å². The smallest absolute Gasteiger partial charge is 0.0937 e. The molecule has 2 aromatic carbocycles. The van der Waals surface area contributed by atoms with Crippen LogP contribution in [0, 0.1) is 6.92 Å². The molecular formula is C16H14BrN3. The zero-order valence-electron chi connectivity index (χ0n) is 11.0. The lowest BCUT2D eigenvalue weighted by molar-refractivity contribution is 1.37. The number of aryl methyl sites for hydroxylation is 1. The molecule has 0 fully saturated rings. The van der Waals surface area contributed by atoms with E-state index in [0.29, 0.717) is 0 Å². The van der Waals surface area contributed by atoms with Gasteiger partial charge in [-0.3, -0.25) is 4.98 Å². The number of hydrogen-bond donors (Lipinski definition) is 2. The molecule has 100 valence electrons. The van der Waals surface area contributed by atoms with E-state index in [1.54, 1.807) is 6.20 Å². The van der Waals surface area contributed by atoms with Gasteiger partial charge in [0.1, 0.15) is 0 Å². The van der Waals surface area contributed by atoms with Crippen LogP contribution in [-0.2, 0) is 0 Å². The molecule has 0 radical (unpaired) electrons. The van der Waals surface area contributed by atoms with Crippen molar-refractivity contribution in [1.29, 1.82) is 0 Å². The Bertz CT molecular complexity index is 764. The summed E-state index contributed by atoms with van der Waals surface area (Å²) in [5.41, 5.74) is 10.7. The largest absolute Gasteiger partial charge is 0.397 e. The van der Waals surface area contributed by atoms with Crippen molar-refractivity contribution in [3.63, 3.8) is 0 Å². The molecule has 3 rings (SSSR count). The Kier molecular flexibility index (Phi) is 3.32. The Morgan fingerprint density at radius 1 is 1.15 bits per heavy atom. The number of pyridine rings is 1. The van der Waals surface area contributed by atoms with E-state index in [2.05, 4.69) is 32.3 Å². The van der Waals surface area contributed by atoms with Gasteiger partial charge in [0, 0.05) is 16.1 Å². The Morgan fingerprint density at radius 2 is 1.95 bits per heavy atom. The Balaban J connectivity index is 2.11. The van der Waals surface area contributed by atoms with Crippen LogP contribution in [0.4, 0.5) is 17.1 Å². The van der Waals surface area contributed by atoms with Gasteiger partial charge in [-0.25, -0.2) is 0 Å². The average Bonchev–Trinajstić information content (AvgIpc) is 2.42. The predicted molar refractivity (Wildman–Crippen MR) is 88.3 cm³/mol. The van der Waals surface area contributed by atoms with E-state index in [1.807, 2.05) is 43.3 Å². The molecule has 0 bridgehead atoms. The zero-order chi connectivity index (χ0) is 14.1. The monoisotopic (exact) mass is 327 g/mol. The van der Waals surface area contributed by atoms with E-state index in [0.717, 1.165) is 38.0 Å². The number of halogens is 1. The molecule has 3 nitrogen and oxygen atoms in total. The third kappa shape index (κ3) is 2.34. The summed E-state index contributed by atoms with van der Waals surface area (Å²) < 4.78 is 0.970. The van der Waals surface area contributed by atoms with E-state index < -0.39 is 0 Å². The van der Waals surface area contributed by atoms with E-state index >= 15 is 0 Å². The molecule has 0 amide bonds. The van der Waals surface area contributed by atoms with Gasteiger partial charge in [-0.15, -0.1) is 0 Å². The van der Waals surface area contributed by atoms with Gasteiger partial charge in [0.05, 0.1) is 22.6 Å². The molecule has 3 aromatic rings. The number of fused-ring (bicyclic) bond motifs is 1. The van der Waals surface area contributed by atoms with Gasteiger partial charge in [-0.05, 0) is 46.6 Å². The lowest BCUT2D eigenvalue weighted by atomic mass is 10.1. The number of rotatable bonds is 2. The second-order valence-corrected chi connectivity index (χ2v) is 5.61. The van der Waals surface area contributed by atoms with Gasteiger partial charge >= 0.3 is 0 Å². The molecule has 0 aliphatic heterocycles. The first-order chi connectivity index (χ1) is 9.65. The van der Waals surface area contributed by atoms with E-state index in [4.69, 9.17) is 5.73 Å². The molecule has 1 heterocycles. The van der Waals surface area contributed by atoms with Crippen LogP contribution in [0.25, 0.3) is 10.9 Å². The summed E-state index contributed by atoms with van der Waals surface area (Å²) in [4.78, 5) is 4.49. The topological polar surface area (TPSA) is 50.9 Å². The third-order valence-electron chi connectivity index (χ3n) is 3.24. The normalized spacial score (nSPS) is 10.7. The highest BCUT2D eigenvalue weighted by Crippen LogP contribution is 2.30. The lowest BCUT2D eigenvalue weighted by Crippen LogP contribution is -1.99. The van der Waals surface area contributed by atoms with Crippen LogP contribution in [-0.4, -0.2) is 4.98 Å². The van der Waals surface area contributed by atoms with Crippen LogP contribution in [0.2, 0.25) is 0 Å². The minimum atomic E-state index is 0.735. The summed E-state index contributed by atoms with van der Waals surface area (Å²) in [6.45, 7) is 2.04. The van der Waals surface area contributed by atoms with Gasteiger partial charge in [0.2, 0.25) is 0 Å². The number of benzene rings is 2. The van der Waals surface area contributed by atoms with Gasteiger partial charge < -0.3 is 11.1 Å². The van der Waals surface area contributed by atoms with Gasteiger partial charge in [0.15, 0.2) is 0 Å². The molecule has 0 spiro atoms. The number of nitrogens with one attached hydrogen (secondary N) is 1. The van der Waals surface area contributed by atoms with Crippen molar-refractivity contribution < 1.29 is 0 Å². The van der Waals surface area contributed by atoms with Crippen molar-refractivity contribution in [3.8, 4) is 0 Å². The highest BCUT2D eigenvalue weighted by Gasteiger charge is 2.07. The van der Waals surface area contributed by atoms with Gasteiger partial charge in [0.25, 0.3) is 0 Å². The first-order valence-electron chi connectivity index (χ1n) is 6.31. The third-order valence-corrected chi connectivity index (χ3v) is 3.68. The van der Waals surface area contributed by atoms with E-state index in [-0.39, 0.29) is 0 Å². The van der Waals surface area contributed by atoms with Crippen molar-refractivity contribution in [3.05, 3.63) is 58.7 Å². The molecule has 0 aliphatic carbocycles. The Labute approximate surface area is 126 Å². The van der Waals surface area contributed by atoms with Crippen molar-refractivity contribution in [2.75, 3.05) is 11.1 Å². The van der Waals surface area contributed by atoms with Gasteiger partial charge in [-0.1, -0.05) is 24.3 Å². The molecule has 0 atom stereocenters. The maximum Gasteiger partial charge on any atom is 0.0937 e. The summed E-state index contributed by atoms with van der Waals surface area (Å²) in [7, 11) is 0. The SMILES string of the molecule is Cc1cccc(N)c1Nc1cccc2cc(Br)cnc12. The molecule has 1 aromatic heterocycles. The van der Waals surface area contributed by atoms with Crippen LogP contribution in [0.1, 0.15) is 5.56 Å². The first-order valence-corrected chi connectivity index (χ1v) is 7.11. The lowest BCUT2D eigenvalue weighted by Gasteiger charge is -2.13. The minimum Gasteiger partial charge on any atom is -0.397 e. The summed E-state index contributed by atoms with van der Waals surface area (Å²) in [5, 5.41) is 4.48. The number of anilines is 3.